The predicted molar refractivity (Wildman–Crippen MR) is 136 cm³/mol. The molecule has 0 bridgehead atoms. The van der Waals surface area contributed by atoms with E-state index in [1.807, 2.05) is 0 Å². The second-order valence-corrected chi connectivity index (χ2v) is 11.7. The fraction of sp³-hybridized carbons (Fsp3) is 0.357. The van der Waals surface area contributed by atoms with E-state index >= 15 is 0 Å². The Bertz CT molecular complexity index is 728. The second kappa shape index (κ2) is 12.0. The average Bonchev–Trinajstić information content (AvgIpc) is 2.82. The summed E-state index contributed by atoms with van der Waals surface area (Å²) in [5, 5.41) is 4.48. The SMILES string of the molecule is CCCCN(CCCC)CC[P+](c1ccccc1)(c1ccccc1)c1ccccc1. The van der Waals surface area contributed by atoms with Crippen LogP contribution in [-0.2, 0) is 0 Å². The van der Waals surface area contributed by atoms with Gasteiger partial charge >= 0.3 is 0 Å². The highest BCUT2D eigenvalue weighted by Gasteiger charge is 2.45. The summed E-state index contributed by atoms with van der Waals surface area (Å²) in [5.74, 6) is 0. The summed E-state index contributed by atoms with van der Waals surface area (Å²) in [6.07, 6.45) is 6.30. The van der Waals surface area contributed by atoms with E-state index in [-0.39, 0.29) is 0 Å². The molecule has 1 nitrogen and oxygen atoms in total. The van der Waals surface area contributed by atoms with Crippen molar-refractivity contribution in [2.75, 3.05) is 25.8 Å². The summed E-state index contributed by atoms with van der Waals surface area (Å²) in [6, 6.07) is 33.8. The molecular formula is C28H37NP+. The first kappa shape index (κ1) is 22.7. The number of nitrogens with zero attached hydrogens (tertiary/aromatic N) is 1. The molecule has 0 aliphatic carbocycles. The molecule has 158 valence electrons. The Morgan fingerprint density at radius 1 is 0.533 bits per heavy atom. The number of benzene rings is 3. The van der Waals surface area contributed by atoms with Crippen molar-refractivity contribution in [1.82, 2.24) is 4.90 Å². The third kappa shape index (κ3) is 5.60. The molecule has 3 aromatic rings. The molecular weight excluding hydrogens is 381 g/mol. The van der Waals surface area contributed by atoms with Crippen LogP contribution in [-0.4, -0.2) is 30.7 Å². The van der Waals surface area contributed by atoms with Gasteiger partial charge in [-0.05, 0) is 62.3 Å². The first-order valence-electron chi connectivity index (χ1n) is 11.6. The van der Waals surface area contributed by atoms with Crippen molar-refractivity contribution in [2.24, 2.45) is 0 Å². The Morgan fingerprint density at radius 2 is 0.900 bits per heavy atom. The zero-order chi connectivity index (χ0) is 21.1. The molecule has 3 aromatic carbocycles. The van der Waals surface area contributed by atoms with Crippen LogP contribution in [0.4, 0.5) is 0 Å². The molecule has 0 amide bonds. The van der Waals surface area contributed by atoms with Crippen molar-refractivity contribution in [3.8, 4) is 0 Å². The van der Waals surface area contributed by atoms with Gasteiger partial charge in [0.25, 0.3) is 0 Å². The van der Waals surface area contributed by atoms with E-state index in [1.165, 1.54) is 60.8 Å². The van der Waals surface area contributed by atoms with Gasteiger partial charge < -0.3 is 0 Å². The van der Waals surface area contributed by atoms with Gasteiger partial charge in [-0.25, -0.2) is 0 Å². The van der Waals surface area contributed by atoms with Crippen LogP contribution in [0.5, 0.6) is 0 Å². The maximum Gasteiger partial charge on any atom is 0.113 e. The van der Waals surface area contributed by atoms with Gasteiger partial charge in [0.1, 0.15) is 23.2 Å². The Balaban J connectivity index is 2.04. The highest BCUT2D eigenvalue weighted by atomic mass is 31.2. The average molecular weight is 419 g/mol. The molecule has 0 fully saturated rings. The second-order valence-electron chi connectivity index (χ2n) is 8.09. The van der Waals surface area contributed by atoms with Crippen molar-refractivity contribution >= 4 is 23.2 Å². The quantitative estimate of drug-likeness (QED) is 0.332. The molecule has 3 rings (SSSR count). The monoisotopic (exact) mass is 418 g/mol. The van der Waals surface area contributed by atoms with Crippen molar-refractivity contribution in [3.63, 3.8) is 0 Å². The maximum atomic E-state index is 2.72. The summed E-state index contributed by atoms with van der Waals surface area (Å²) in [5.41, 5.74) is 0. The van der Waals surface area contributed by atoms with Crippen LogP contribution in [0.2, 0.25) is 0 Å². The predicted octanol–water partition coefficient (Wildman–Crippen LogP) is 5.88. The van der Waals surface area contributed by atoms with E-state index in [9.17, 15) is 0 Å². The zero-order valence-corrected chi connectivity index (χ0v) is 19.6. The van der Waals surface area contributed by atoms with Crippen LogP contribution < -0.4 is 15.9 Å². The van der Waals surface area contributed by atoms with E-state index < -0.39 is 7.26 Å². The fourth-order valence-corrected chi connectivity index (χ4v) is 8.57. The Kier molecular flexibility index (Phi) is 9.12. The summed E-state index contributed by atoms with van der Waals surface area (Å²) in [4.78, 5) is 2.72. The van der Waals surface area contributed by atoms with Gasteiger partial charge in [-0.15, -0.1) is 0 Å². The van der Waals surface area contributed by atoms with E-state index in [0.29, 0.717) is 0 Å². The van der Waals surface area contributed by atoms with Crippen LogP contribution in [0.25, 0.3) is 0 Å². The van der Waals surface area contributed by atoms with E-state index in [0.717, 1.165) is 6.54 Å². The normalized spacial score (nSPS) is 11.7. The van der Waals surface area contributed by atoms with E-state index in [1.54, 1.807) is 0 Å². The fourth-order valence-electron chi connectivity index (χ4n) is 4.27. The van der Waals surface area contributed by atoms with Crippen LogP contribution in [0.1, 0.15) is 39.5 Å². The summed E-state index contributed by atoms with van der Waals surface area (Å²) in [6.45, 7) is 8.19. The molecule has 0 aromatic heterocycles. The lowest BCUT2D eigenvalue weighted by Crippen LogP contribution is -2.38. The Hall–Kier alpha value is -1.95. The number of rotatable bonds is 12. The molecule has 0 spiro atoms. The Labute approximate surface area is 184 Å². The lowest BCUT2D eigenvalue weighted by Gasteiger charge is -2.30. The molecule has 0 saturated heterocycles. The summed E-state index contributed by atoms with van der Waals surface area (Å²) < 4.78 is 0. The first-order chi connectivity index (χ1) is 14.8. The van der Waals surface area contributed by atoms with Crippen LogP contribution in [0.15, 0.2) is 91.0 Å². The smallest absolute Gasteiger partial charge is 0.113 e. The Morgan fingerprint density at radius 3 is 1.23 bits per heavy atom. The molecule has 0 N–H and O–H groups in total. The van der Waals surface area contributed by atoms with Gasteiger partial charge in [0.05, 0.1) is 6.16 Å². The molecule has 0 unspecified atom stereocenters. The van der Waals surface area contributed by atoms with Gasteiger partial charge in [-0.1, -0.05) is 81.3 Å². The minimum absolute atomic E-state index is 1.16. The van der Waals surface area contributed by atoms with Gasteiger partial charge in [0.15, 0.2) is 0 Å². The van der Waals surface area contributed by atoms with Crippen LogP contribution in [0, 0.1) is 0 Å². The van der Waals surface area contributed by atoms with E-state index in [2.05, 4.69) is 110 Å². The van der Waals surface area contributed by atoms with Crippen LogP contribution in [0.3, 0.4) is 0 Å². The molecule has 0 atom stereocenters. The minimum Gasteiger partial charge on any atom is -0.300 e. The van der Waals surface area contributed by atoms with Gasteiger partial charge in [0.2, 0.25) is 0 Å². The molecule has 0 saturated carbocycles. The topological polar surface area (TPSA) is 3.24 Å². The lowest BCUT2D eigenvalue weighted by atomic mass is 10.2. The lowest BCUT2D eigenvalue weighted by molar-refractivity contribution is 0.281. The third-order valence-electron chi connectivity index (χ3n) is 6.00. The van der Waals surface area contributed by atoms with Crippen molar-refractivity contribution < 1.29 is 0 Å². The van der Waals surface area contributed by atoms with Crippen molar-refractivity contribution in [1.29, 1.82) is 0 Å². The van der Waals surface area contributed by atoms with Gasteiger partial charge in [0, 0.05) is 6.54 Å². The van der Waals surface area contributed by atoms with Gasteiger partial charge in [-0.2, -0.15) is 0 Å². The van der Waals surface area contributed by atoms with Crippen molar-refractivity contribution in [3.05, 3.63) is 91.0 Å². The standard InChI is InChI=1S/C28H37NP/c1-3-5-22-29(23-6-4-2)24-25-30(26-16-10-7-11-17-26,27-18-12-8-13-19-27)28-20-14-9-15-21-28/h7-21H,3-6,22-25H2,1-2H3/q+1. The van der Waals surface area contributed by atoms with E-state index in [4.69, 9.17) is 0 Å². The molecule has 0 aliphatic heterocycles. The number of unbranched alkanes of at least 4 members (excludes halogenated alkanes) is 2. The molecule has 30 heavy (non-hydrogen) atoms. The maximum absolute atomic E-state index is 2.72. The van der Waals surface area contributed by atoms with Gasteiger partial charge in [-0.3, -0.25) is 4.90 Å². The number of hydrogen-bond donors (Lipinski definition) is 0. The molecule has 2 heteroatoms. The minimum atomic E-state index is -1.71. The summed E-state index contributed by atoms with van der Waals surface area (Å²) >= 11 is 0. The third-order valence-corrected chi connectivity index (χ3v) is 10.4. The highest BCUT2D eigenvalue weighted by Crippen LogP contribution is 2.55. The van der Waals surface area contributed by atoms with Crippen molar-refractivity contribution in [2.45, 2.75) is 39.5 Å². The zero-order valence-electron chi connectivity index (χ0n) is 18.7. The van der Waals surface area contributed by atoms with Crippen LogP contribution >= 0.6 is 7.26 Å². The largest absolute Gasteiger partial charge is 0.300 e. The highest BCUT2D eigenvalue weighted by molar-refractivity contribution is 7.95. The molecule has 0 heterocycles. The molecule has 0 aliphatic rings. The molecule has 0 radical (unpaired) electrons. The summed E-state index contributed by atoms with van der Waals surface area (Å²) in [7, 11) is -1.71. The number of hydrogen-bond acceptors (Lipinski definition) is 1. The first-order valence-corrected chi connectivity index (χ1v) is 13.6.